The van der Waals surface area contributed by atoms with Crippen molar-refractivity contribution < 1.29 is 0 Å². The second-order valence-electron chi connectivity index (χ2n) is 4.88. The van der Waals surface area contributed by atoms with Crippen LogP contribution in [0.2, 0.25) is 0 Å². The van der Waals surface area contributed by atoms with Gasteiger partial charge in [0.2, 0.25) is 0 Å². The molecule has 0 aliphatic rings. The van der Waals surface area contributed by atoms with Gasteiger partial charge in [-0.25, -0.2) is 10.1 Å². The van der Waals surface area contributed by atoms with Gasteiger partial charge in [-0.15, -0.1) is 5.10 Å². The number of aromatic amines is 1. The van der Waals surface area contributed by atoms with Crippen LogP contribution < -0.4 is 5.43 Å². The number of para-hydroxylation sites is 1. The molecule has 0 spiro atoms. The first-order valence-corrected chi connectivity index (χ1v) is 7.07. The first-order valence-electron chi connectivity index (χ1n) is 7.07. The fraction of sp³-hybridized carbons (Fsp3) is 0. The standard InChI is InChI=1S/C16H13N7/c1-2-4-15-14(3-1)12(9-18-15)10-20-21-16-19-11-23(22-16)13-5-7-17-8-6-13/h1-11,18H,(H,21,22). The third kappa shape index (κ3) is 2.67. The molecule has 0 unspecified atom stereocenters. The number of hydrogen-bond acceptors (Lipinski definition) is 5. The lowest BCUT2D eigenvalue weighted by Crippen LogP contribution is -1.97. The number of pyridine rings is 1. The average Bonchev–Trinajstić information content (AvgIpc) is 3.23. The number of benzene rings is 1. The molecule has 0 saturated heterocycles. The number of H-pyrrole nitrogens is 1. The molecule has 0 atom stereocenters. The maximum Gasteiger partial charge on any atom is 0.262 e. The smallest absolute Gasteiger partial charge is 0.262 e. The zero-order valence-electron chi connectivity index (χ0n) is 12.1. The van der Waals surface area contributed by atoms with E-state index in [1.807, 2.05) is 42.6 Å². The lowest BCUT2D eigenvalue weighted by atomic mass is 10.2. The summed E-state index contributed by atoms with van der Waals surface area (Å²) in [6.07, 6.45) is 8.70. The van der Waals surface area contributed by atoms with Gasteiger partial charge in [-0.2, -0.15) is 10.1 Å². The molecule has 7 nitrogen and oxygen atoms in total. The number of nitrogens with zero attached hydrogens (tertiary/aromatic N) is 5. The second-order valence-corrected chi connectivity index (χ2v) is 4.88. The maximum absolute atomic E-state index is 4.31. The molecule has 0 bridgehead atoms. The molecule has 0 aliphatic carbocycles. The van der Waals surface area contributed by atoms with E-state index >= 15 is 0 Å². The van der Waals surface area contributed by atoms with Crippen LogP contribution in [0.1, 0.15) is 5.56 Å². The maximum atomic E-state index is 4.31. The minimum Gasteiger partial charge on any atom is -0.361 e. The van der Waals surface area contributed by atoms with Crippen molar-refractivity contribution in [3.8, 4) is 5.69 Å². The monoisotopic (exact) mass is 303 g/mol. The predicted molar refractivity (Wildman–Crippen MR) is 88.7 cm³/mol. The highest BCUT2D eigenvalue weighted by Crippen LogP contribution is 2.15. The fourth-order valence-electron chi connectivity index (χ4n) is 2.30. The van der Waals surface area contributed by atoms with Crippen LogP contribution in [0.5, 0.6) is 0 Å². The Hall–Kier alpha value is -3.48. The van der Waals surface area contributed by atoms with Crippen LogP contribution in [0, 0.1) is 0 Å². The summed E-state index contributed by atoms with van der Waals surface area (Å²) in [7, 11) is 0. The average molecular weight is 303 g/mol. The highest BCUT2D eigenvalue weighted by molar-refractivity contribution is 5.99. The van der Waals surface area contributed by atoms with Crippen LogP contribution in [0.15, 0.2) is 66.4 Å². The van der Waals surface area contributed by atoms with E-state index in [0.717, 1.165) is 22.2 Å². The Labute approximate surface area is 131 Å². The zero-order valence-corrected chi connectivity index (χ0v) is 12.1. The molecular formula is C16H13N7. The van der Waals surface area contributed by atoms with Gasteiger partial charge < -0.3 is 4.98 Å². The molecule has 3 aromatic heterocycles. The Morgan fingerprint density at radius 2 is 2.00 bits per heavy atom. The minimum absolute atomic E-state index is 0.429. The molecule has 0 aliphatic heterocycles. The van der Waals surface area contributed by atoms with Crippen molar-refractivity contribution in [2.75, 3.05) is 5.43 Å². The minimum atomic E-state index is 0.429. The number of fused-ring (bicyclic) bond motifs is 1. The predicted octanol–water partition coefficient (Wildman–Crippen LogP) is 2.59. The molecule has 112 valence electrons. The van der Waals surface area contributed by atoms with Gasteiger partial charge in [-0.3, -0.25) is 4.98 Å². The first kappa shape index (κ1) is 13.2. The van der Waals surface area contributed by atoms with Crippen LogP contribution in [0.25, 0.3) is 16.6 Å². The van der Waals surface area contributed by atoms with Gasteiger partial charge in [0.05, 0.1) is 11.9 Å². The Kier molecular flexibility index (Phi) is 3.28. The molecule has 7 heteroatoms. The van der Waals surface area contributed by atoms with Gasteiger partial charge in [0, 0.05) is 35.1 Å². The van der Waals surface area contributed by atoms with Crippen LogP contribution in [0.3, 0.4) is 0 Å². The van der Waals surface area contributed by atoms with Gasteiger partial charge >= 0.3 is 0 Å². The lowest BCUT2D eigenvalue weighted by molar-refractivity contribution is 0.876. The van der Waals surface area contributed by atoms with E-state index in [1.165, 1.54) is 0 Å². The van der Waals surface area contributed by atoms with E-state index in [9.17, 15) is 0 Å². The van der Waals surface area contributed by atoms with Crippen molar-refractivity contribution in [2.45, 2.75) is 0 Å². The van der Waals surface area contributed by atoms with Crippen LogP contribution in [-0.4, -0.2) is 30.9 Å². The molecule has 0 radical (unpaired) electrons. The highest BCUT2D eigenvalue weighted by atomic mass is 15.4. The van der Waals surface area contributed by atoms with E-state index in [0.29, 0.717) is 5.95 Å². The Bertz CT molecular complexity index is 953. The van der Waals surface area contributed by atoms with Gasteiger partial charge in [0.1, 0.15) is 6.33 Å². The lowest BCUT2D eigenvalue weighted by Gasteiger charge is -1.97. The van der Waals surface area contributed by atoms with Gasteiger partial charge in [0.15, 0.2) is 0 Å². The van der Waals surface area contributed by atoms with Crippen molar-refractivity contribution >= 4 is 23.1 Å². The summed E-state index contributed by atoms with van der Waals surface area (Å²) in [5, 5.41) is 9.62. The molecule has 23 heavy (non-hydrogen) atoms. The Morgan fingerprint density at radius 3 is 2.91 bits per heavy atom. The SMILES string of the molecule is C(=NNc1ncn(-c2ccncc2)n1)c1c[nH]c2ccccc12. The molecule has 4 aromatic rings. The van der Waals surface area contributed by atoms with Crippen LogP contribution >= 0.6 is 0 Å². The Morgan fingerprint density at radius 1 is 1.13 bits per heavy atom. The number of nitrogens with one attached hydrogen (secondary N) is 2. The zero-order chi connectivity index (χ0) is 15.5. The molecule has 0 saturated carbocycles. The topological polar surface area (TPSA) is 83.8 Å². The van der Waals surface area contributed by atoms with E-state index in [2.05, 4.69) is 30.6 Å². The highest BCUT2D eigenvalue weighted by Gasteiger charge is 2.02. The second kappa shape index (κ2) is 5.72. The summed E-state index contributed by atoms with van der Waals surface area (Å²) < 4.78 is 1.66. The molecular weight excluding hydrogens is 290 g/mol. The number of rotatable bonds is 4. The van der Waals surface area contributed by atoms with Gasteiger partial charge in [0.25, 0.3) is 5.95 Å². The summed E-state index contributed by atoms with van der Waals surface area (Å²) in [5.41, 5.74) is 5.80. The van der Waals surface area contributed by atoms with E-state index < -0.39 is 0 Å². The summed E-state index contributed by atoms with van der Waals surface area (Å²) in [4.78, 5) is 11.4. The molecule has 0 amide bonds. The van der Waals surface area contributed by atoms with Crippen molar-refractivity contribution in [3.63, 3.8) is 0 Å². The fourth-order valence-corrected chi connectivity index (χ4v) is 2.30. The molecule has 2 N–H and O–H groups in total. The van der Waals surface area contributed by atoms with Crippen molar-refractivity contribution in [3.05, 3.63) is 66.9 Å². The van der Waals surface area contributed by atoms with E-state index in [-0.39, 0.29) is 0 Å². The number of hydrazone groups is 1. The largest absolute Gasteiger partial charge is 0.361 e. The van der Waals surface area contributed by atoms with E-state index in [1.54, 1.807) is 29.6 Å². The van der Waals surface area contributed by atoms with Gasteiger partial charge in [-0.05, 0) is 18.2 Å². The van der Waals surface area contributed by atoms with Crippen LogP contribution in [-0.2, 0) is 0 Å². The molecule has 4 rings (SSSR count). The Balaban J connectivity index is 1.50. The molecule has 3 heterocycles. The summed E-state index contributed by atoms with van der Waals surface area (Å²) in [6, 6.07) is 11.8. The third-order valence-corrected chi connectivity index (χ3v) is 3.41. The summed E-state index contributed by atoms with van der Waals surface area (Å²) in [5.74, 6) is 0.429. The van der Waals surface area contributed by atoms with E-state index in [4.69, 9.17) is 0 Å². The molecule has 1 aromatic carbocycles. The molecule has 0 fully saturated rings. The summed E-state index contributed by atoms with van der Waals surface area (Å²) >= 11 is 0. The normalized spacial score (nSPS) is 11.3. The number of aromatic nitrogens is 5. The quantitative estimate of drug-likeness (QED) is 0.448. The van der Waals surface area contributed by atoms with Crippen LogP contribution in [0.4, 0.5) is 5.95 Å². The number of anilines is 1. The first-order chi connectivity index (χ1) is 11.4. The third-order valence-electron chi connectivity index (χ3n) is 3.41. The van der Waals surface area contributed by atoms with Crippen molar-refractivity contribution in [1.82, 2.24) is 24.7 Å². The van der Waals surface area contributed by atoms with Gasteiger partial charge in [-0.1, -0.05) is 18.2 Å². The summed E-state index contributed by atoms with van der Waals surface area (Å²) in [6.45, 7) is 0. The van der Waals surface area contributed by atoms with Crippen molar-refractivity contribution in [2.24, 2.45) is 5.10 Å². The number of hydrogen-bond donors (Lipinski definition) is 2. The van der Waals surface area contributed by atoms with Crippen molar-refractivity contribution in [1.29, 1.82) is 0 Å².